The molecule has 1 aliphatic heterocycles. The maximum atomic E-state index is 13.1. The molecule has 0 bridgehead atoms. The summed E-state index contributed by atoms with van der Waals surface area (Å²) in [4.78, 5) is 43.8. The van der Waals surface area contributed by atoms with Gasteiger partial charge < -0.3 is 25.3 Å². The maximum absolute atomic E-state index is 13.1. The van der Waals surface area contributed by atoms with Gasteiger partial charge in [-0.25, -0.2) is 0 Å². The monoisotopic (exact) mass is 592 g/mol. The zero-order valence-corrected chi connectivity index (χ0v) is 26.0. The standard InChI is InChI=1S/C36H40N4O4/c1-23-29(8-6-9-31(23)39-33(41)25-10-14-27(15-11-25)36(3,4)5)30-22-32(34(42)37-24(30)2)38-28-16-12-26(13-17-28)35(43)40-18-7-20-44-21-19-40/h6,8-17,22,38H,7,18-21H2,1-5H3,(H,37,42)(H,39,41). The van der Waals surface area contributed by atoms with Gasteiger partial charge in [-0.05, 0) is 90.9 Å². The lowest BCUT2D eigenvalue weighted by molar-refractivity contribution is 0.0741. The summed E-state index contributed by atoms with van der Waals surface area (Å²) < 4.78 is 5.46. The summed E-state index contributed by atoms with van der Waals surface area (Å²) in [5.41, 5.74) is 7.20. The quantitative estimate of drug-likeness (QED) is 0.228. The van der Waals surface area contributed by atoms with Gasteiger partial charge in [0.25, 0.3) is 17.4 Å². The molecule has 228 valence electrons. The van der Waals surface area contributed by atoms with E-state index in [1.165, 1.54) is 0 Å². The highest BCUT2D eigenvalue weighted by molar-refractivity contribution is 6.05. The average molecular weight is 593 g/mol. The van der Waals surface area contributed by atoms with Crippen molar-refractivity contribution in [2.45, 2.75) is 46.5 Å². The number of aromatic amines is 1. The summed E-state index contributed by atoms with van der Waals surface area (Å²) in [6, 6.07) is 22.4. The van der Waals surface area contributed by atoms with Crippen LogP contribution < -0.4 is 16.2 Å². The Bertz CT molecular complexity index is 1710. The van der Waals surface area contributed by atoms with E-state index < -0.39 is 0 Å². The second kappa shape index (κ2) is 12.9. The van der Waals surface area contributed by atoms with E-state index in [2.05, 4.69) is 36.4 Å². The van der Waals surface area contributed by atoms with Gasteiger partial charge in [0.2, 0.25) is 0 Å². The summed E-state index contributed by atoms with van der Waals surface area (Å²) in [5, 5.41) is 6.27. The Kier molecular flexibility index (Phi) is 9.01. The molecule has 1 saturated heterocycles. The molecule has 8 heteroatoms. The van der Waals surface area contributed by atoms with Crippen LogP contribution in [0.3, 0.4) is 0 Å². The molecule has 3 aromatic carbocycles. The molecule has 0 atom stereocenters. The molecule has 0 spiro atoms. The number of aryl methyl sites for hydroxylation is 1. The number of amides is 2. The molecule has 3 N–H and O–H groups in total. The third-order valence-corrected chi connectivity index (χ3v) is 8.04. The molecule has 1 fully saturated rings. The van der Waals surface area contributed by atoms with Crippen LogP contribution in [0.25, 0.3) is 11.1 Å². The van der Waals surface area contributed by atoms with E-state index >= 15 is 0 Å². The predicted octanol–water partition coefficient (Wildman–Crippen LogP) is 6.81. The minimum atomic E-state index is -0.253. The van der Waals surface area contributed by atoms with Crippen LogP contribution in [-0.2, 0) is 10.2 Å². The fraction of sp³-hybridized carbons (Fsp3) is 0.306. The molecule has 0 unspecified atom stereocenters. The molecule has 5 rings (SSSR count). The van der Waals surface area contributed by atoms with Crippen LogP contribution in [0.5, 0.6) is 0 Å². The largest absolute Gasteiger partial charge is 0.380 e. The lowest BCUT2D eigenvalue weighted by Gasteiger charge is -2.20. The zero-order valence-electron chi connectivity index (χ0n) is 26.0. The molecule has 4 aromatic rings. The van der Waals surface area contributed by atoms with E-state index in [1.807, 2.05) is 67.3 Å². The molecular weight excluding hydrogens is 552 g/mol. The first-order chi connectivity index (χ1) is 21.0. The lowest BCUT2D eigenvalue weighted by Crippen LogP contribution is -2.33. The summed E-state index contributed by atoms with van der Waals surface area (Å²) in [6.45, 7) is 12.7. The number of aromatic nitrogens is 1. The van der Waals surface area contributed by atoms with Gasteiger partial charge in [0.1, 0.15) is 5.69 Å². The van der Waals surface area contributed by atoms with Gasteiger partial charge in [-0.3, -0.25) is 14.4 Å². The summed E-state index contributed by atoms with van der Waals surface area (Å²) in [6.07, 6.45) is 0.824. The number of benzene rings is 3. The van der Waals surface area contributed by atoms with Crippen molar-refractivity contribution in [3.63, 3.8) is 0 Å². The number of carbonyl (C=O) groups excluding carboxylic acids is 2. The SMILES string of the molecule is Cc1[nH]c(=O)c(Nc2ccc(C(=O)N3CCCOCC3)cc2)cc1-c1cccc(NC(=O)c2ccc(C(C)(C)C)cc2)c1C. The minimum Gasteiger partial charge on any atom is -0.380 e. The molecule has 44 heavy (non-hydrogen) atoms. The molecule has 0 aliphatic carbocycles. The summed E-state index contributed by atoms with van der Waals surface area (Å²) in [5.74, 6) is -0.209. The molecule has 8 nitrogen and oxygen atoms in total. The summed E-state index contributed by atoms with van der Waals surface area (Å²) in [7, 11) is 0. The number of hydrogen-bond donors (Lipinski definition) is 3. The van der Waals surface area contributed by atoms with Crippen molar-refractivity contribution in [2.24, 2.45) is 0 Å². The maximum Gasteiger partial charge on any atom is 0.271 e. The Morgan fingerprint density at radius 3 is 2.25 bits per heavy atom. The van der Waals surface area contributed by atoms with Gasteiger partial charge in [-0.1, -0.05) is 45.0 Å². The number of ether oxygens (including phenoxy) is 1. The van der Waals surface area contributed by atoms with Crippen molar-refractivity contribution in [1.82, 2.24) is 9.88 Å². The number of carbonyl (C=O) groups is 2. The first-order valence-electron chi connectivity index (χ1n) is 15.0. The Balaban J connectivity index is 1.35. The van der Waals surface area contributed by atoms with Crippen LogP contribution >= 0.6 is 0 Å². The highest BCUT2D eigenvalue weighted by atomic mass is 16.5. The third-order valence-electron chi connectivity index (χ3n) is 8.04. The fourth-order valence-corrected chi connectivity index (χ4v) is 5.36. The number of H-pyrrole nitrogens is 1. The molecule has 2 amide bonds. The van der Waals surface area contributed by atoms with Crippen LogP contribution in [0.15, 0.2) is 77.6 Å². The summed E-state index contributed by atoms with van der Waals surface area (Å²) >= 11 is 0. The number of pyridine rings is 1. The van der Waals surface area contributed by atoms with Gasteiger partial charge >= 0.3 is 0 Å². The van der Waals surface area contributed by atoms with E-state index in [0.29, 0.717) is 60.2 Å². The van der Waals surface area contributed by atoms with Crippen LogP contribution in [0.4, 0.5) is 17.1 Å². The van der Waals surface area contributed by atoms with Gasteiger partial charge in [0.15, 0.2) is 0 Å². The van der Waals surface area contributed by atoms with Crippen molar-refractivity contribution in [3.05, 3.63) is 111 Å². The second-order valence-electron chi connectivity index (χ2n) is 12.3. The van der Waals surface area contributed by atoms with Crippen LogP contribution in [-0.4, -0.2) is 48.0 Å². The minimum absolute atomic E-state index is 0.00715. The highest BCUT2D eigenvalue weighted by Crippen LogP contribution is 2.32. The Morgan fingerprint density at radius 2 is 1.55 bits per heavy atom. The van der Waals surface area contributed by atoms with Crippen molar-refractivity contribution >= 4 is 28.9 Å². The normalized spacial score (nSPS) is 13.7. The number of nitrogens with one attached hydrogen (secondary N) is 3. The molecule has 1 aliphatic rings. The van der Waals surface area contributed by atoms with Crippen molar-refractivity contribution in [1.29, 1.82) is 0 Å². The molecule has 2 heterocycles. The van der Waals surface area contributed by atoms with Crippen molar-refractivity contribution < 1.29 is 14.3 Å². The Hall–Kier alpha value is -4.69. The first-order valence-corrected chi connectivity index (χ1v) is 15.0. The zero-order chi connectivity index (χ0) is 31.4. The van der Waals surface area contributed by atoms with Crippen molar-refractivity contribution in [3.8, 4) is 11.1 Å². The number of nitrogens with zero attached hydrogens (tertiary/aromatic N) is 1. The predicted molar refractivity (Wildman–Crippen MR) is 176 cm³/mol. The first kappa shape index (κ1) is 30.8. The van der Waals surface area contributed by atoms with Crippen molar-refractivity contribution in [2.75, 3.05) is 36.9 Å². The molecule has 0 saturated carbocycles. The number of rotatable bonds is 6. The smallest absolute Gasteiger partial charge is 0.271 e. The topological polar surface area (TPSA) is 104 Å². The van der Waals surface area contributed by atoms with Gasteiger partial charge in [-0.15, -0.1) is 0 Å². The average Bonchev–Trinajstić information content (AvgIpc) is 3.29. The van der Waals surface area contributed by atoms with Gasteiger partial charge in [-0.2, -0.15) is 0 Å². The Morgan fingerprint density at radius 1 is 0.841 bits per heavy atom. The Labute approximate surface area is 258 Å². The van der Waals surface area contributed by atoms with Crippen LogP contribution in [0, 0.1) is 13.8 Å². The van der Waals surface area contributed by atoms with E-state index in [1.54, 1.807) is 24.3 Å². The van der Waals surface area contributed by atoms with E-state index in [9.17, 15) is 14.4 Å². The van der Waals surface area contributed by atoms with Crippen LogP contribution in [0.2, 0.25) is 0 Å². The molecule has 1 aromatic heterocycles. The second-order valence-corrected chi connectivity index (χ2v) is 12.3. The highest BCUT2D eigenvalue weighted by Gasteiger charge is 2.19. The van der Waals surface area contributed by atoms with E-state index in [4.69, 9.17) is 4.74 Å². The van der Waals surface area contributed by atoms with Gasteiger partial charge in [0, 0.05) is 53.5 Å². The number of hydrogen-bond acceptors (Lipinski definition) is 5. The number of anilines is 3. The van der Waals surface area contributed by atoms with E-state index in [-0.39, 0.29) is 22.8 Å². The molecule has 0 radical (unpaired) electrons. The molecular formula is C36H40N4O4. The van der Waals surface area contributed by atoms with E-state index in [0.717, 1.165) is 28.7 Å². The van der Waals surface area contributed by atoms with Gasteiger partial charge in [0.05, 0.1) is 6.61 Å². The third kappa shape index (κ3) is 6.92. The lowest BCUT2D eigenvalue weighted by atomic mass is 9.86. The fourth-order valence-electron chi connectivity index (χ4n) is 5.36. The van der Waals surface area contributed by atoms with Crippen LogP contribution in [0.1, 0.15) is 64.7 Å².